The third kappa shape index (κ3) is 3.22. The highest BCUT2D eigenvalue weighted by molar-refractivity contribution is 9.10. The van der Waals surface area contributed by atoms with Crippen molar-refractivity contribution in [1.29, 1.82) is 0 Å². The lowest BCUT2D eigenvalue weighted by Crippen LogP contribution is -2.39. The van der Waals surface area contributed by atoms with Gasteiger partial charge in [0.2, 0.25) is 0 Å². The second-order valence-electron chi connectivity index (χ2n) is 4.78. The zero-order chi connectivity index (χ0) is 14.8. The molecule has 0 radical (unpaired) electrons. The predicted molar refractivity (Wildman–Crippen MR) is 78.2 cm³/mol. The molecule has 2 nitrogen and oxygen atoms in total. The Morgan fingerprint density at radius 1 is 1.25 bits per heavy atom. The first kappa shape index (κ1) is 15.1. The third-order valence-electron chi connectivity index (χ3n) is 3.39. The minimum Gasteiger partial charge on any atom is -0.320 e. The minimum absolute atomic E-state index is 0.307. The van der Waals surface area contributed by atoms with Crippen LogP contribution in [0.5, 0.6) is 0 Å². The Morgan fingerprint density at radius 3 is 2.55 bits per heavy atom. The van der Waals surface area contributed by atoms with Crippen molar-refractivity contribution in [1.82, 2.24) is 4.98 Å². The van der Waals surface area contributed by atoms with Crippen molar-refractivity contribution in [3.05, 3.63) is 63.9 Å². The molecular weight excluding hydrogens is 326 g/mol. The summed E-state index contributed by atoms with van der Waals surface area (Å²) in [6.07, 6.45) is 2.01. The van der Waals surface area contributed by atoms with Gasteiger partial charge in [-0.2, -0.15) is 0 Å². The predicted octanol–water partition coefficient (Wildman–Crippen LogP) is 3.93. The zero-order valence-corrected chi connectivity index (χ0v) is 12.6. The molecule has 0 aliphatic carbocycles. The van der Waals surface area contributed by atoms with E-state index in [0.717, 1.165) is 6.20 Å². The zero-order valence-electron chi connectivity index (χ0n) is 11.0. The van der Waals surface area contributed by atoms with Crippen LogP contribution >= 0.6 is 15.9 Å². The average molecular weight is 341 g/mol. The smallest absolute Gasteiger partial charge is 0.141 e. The maximum absolute atomic E-state index is 13.9. The fourth-order valence-electron chi connectivity index (χ4n) is 2.07. The molecule has 0 aliphatic rings. The molecule has 1 atom stereocenters. The van der Waals surface area contributed by atoms with Crippen LogP contribution in [0.25, 0.3) is 0 Å². The van der Waals surface area contributed by atoms with Gasteiger partial charge in [0.15, 0.2) is 0 Å². The summed E-state index contributed by atoms with van der Waals surface area (Å²) >= 11 is 3.22. The topological polar surface area (TPSA) is 38.9 Å². The van der Waals surface area contributed by atoms with Crippen molar-refractivity contribution in [3.8, 4) is 0 Å². The van der Waals surface area contributed by atoms with E-state index in [2.05, 4.69) is 20.9 Å². The Bertz CT molecular complexity index is 601. The van der Waals surface area contributed by atoms with Crippen LogP contribution in [0.3, 0.4) is 0 Å². The van der Waals surface area contributed by atoms with Crippen LogP contribution in [0.4, 0.5) is 8.78 Å². The summed E-state index contributed by atoms with van der Waals surface area (Å²) in [5.41, 5.74) is 6.60. The van der Waals surface area contributed by atoms with Gasteiger partial charge in [-0.3, -0.25) is 4.98 Å². The molecule has 0 fully saturated rings. The molecule has 0 spiro atoms. The number of hydrogen-bond donors (Lipinski definition) is 1. The van der Waals surface area contributed by atoms with Gasteiger partial charge < -0.3 is 5.73 Å². The highest BCUT2D eigenvalue weighted by atomic mass is 79.9. The summed E-state index contributed by atoms with van der Waals surface area (Å²) in [5, 5.41) is 0. The molecule has 106 valence electrons. The van der Waals surface area contributed by atoms with Gasteiger partial charge in [-0.25, -0.2) is 8.78 Å². The highest BCUT2D eigenvalue weighted by Gasteiger charge is 2.28. The summed E-state index contributed by atoms with van der Waals surface area (Å²) in [4.78, 5) is 4.03. The lowest BCUT2D eigenvalue weighted by Gasteiger charge is -2.28. The van der Waals surface area contributed by atoms with Crippen molar-refractivity contribution in [2.24, 2.45) is 5.73 Å². The Morgan fingerprint density at radius 2 is 2.00 bits per heavy atom. The second-order valence-corrected chi connectivity index (χ2v) is 5.70. The van der Waals surface area contributed by atoms with Crippen LogP contribution in [-0.4, -0.2) is 4.98 Å². The van der Waals surface area contributed by atoms with Gasteiger partial charge in [0, 0.05) is 4.47 Å². The quantitative estimate of drug-likeness (QED) is 0.915. The SMILES string of the molecule is CCC(N)(Cc1ccc(Br)cc1F)c1ccc(F)cn1. The number of rotatable bonds is 4. The molecule has 1 aromatic carbocycles. The van der Waals surface area contributed by atoms with E-state index in [4.69, 9.17) is 5.73 Å². The van der Waals surface area contributed by atoms with Crippen molar-refractivity contribution < 1.29 is 8.78 Å². The van der Waals surface area contributed by atoms with Gasteiger partial charge in [0.1, 0.15) is 11.6 Å². The number of nitrogens with zero attached hydrogens (tertiary/aromatic N) is 1. The number of hydrogen-bond acceptors (Lipinski definition) is 2. The van der Waals surface area contributed by atoms with Gasteiger partial charge in [-0.05, 0) is 42.7 Å². The molecule has 2 rings (SSSR count). The molecule has 0 bridgehead atoms. The Kier molecular flexibility index (Phi) is 4.50. The largest absolute Gasteiger partial charge is 0.320 e. The molecule has 2 N–H and O–H groups in total. The number of aromatic nitrogens is 1. The van der Waals surface area contributed by atoms with E-state index in [-0.39, 0.29) is 5.82 Å². The molecule has 1 aromatic heterocycles. The molecule has 20 heavy (non-hydrogen) atoms. The third-order valence-corrected chi connectivity index (χ3v) is 3.88. The van der Waals surface area contributed by atoms with Gasteiger partial charge in [-0.15, -0.1) is 0 Å². The molecule has 1 heterocycles. The Hall–Kier alpha value is -1.33. The van der Waals surface area contributed by atoms with E-state index in [1.165, 1.54) is 12.1 Å². The number of nitrogens with two attached hydrogens (primary N) is 1. The number of halogens is 3. The van der Waals surface area contributed by atoms with Crippen molar-refractivity contribution in [2.75, 3.05) is 0 Å². The van der Waals surface area contributed by atoms with E-state index in [0.29, 0.717) is 28.6 Å². The summed E-state index contributed by atoms with van der Waals surface area (Å²) in [6.45, 7) is 1.90. The fraction of sp³-hybridized carbons (Fsp3) is 0.267. The summed E-state index contributed by atoms with van der Waals surface area (Å²) < 4.78 is 27.6. The van der Waals surface area contributed by atoms with E-state index in [1.807, 2.05) is 6.92 Å². The van der Waals surface area contributed by atoms with Gasteiger partial charge in [-0.1, -0.05) is 28.9 Å². The monoisotopic (exact) mass is 340 g/mol. The van der Waals surface area contributed by atoms with E-state index >= 15 is 0 Å². The lowest BCUT2D eigenvalue weighted by atomic mass is 9.85. The van der Waals surface area contributed by atoms with Crippen LogP contribution in [0.15, 0.2) is 41.0 Å². The fourth-order valence-corrected chi connectivity index (χ4v) is 2.41. The van der Waals surface area contributed by atoms with Crippen LogP contribution in [0.1, 0.15) is 24.6 Å². The standard InChI is InChI=1S/C15H15BrF2N2/c1-2-15(19,14-6-5-12(17)9-20-14)8-10-3-4-11(16)7-13(10)18/h3-7,9H,2,8,19H2,1H3. The second kappa shape index (κ2) is 5.97. The number of benzene rings is 1. The average Bonchev–Trinajstić information content (AvgIpc) is 2.42. The maximum atomic E-state index is 13.9. The van der Waals surface area contributed by atoms with Crippen LogP contribution in [0, 0.1) is 11.6 Å². The minimum atomic E-state index is -0.817. The highest BCUT2D eigenvalue weighted by Crippen LogP contribution is 2.27. The first-order valence-corrected chi connectivity index (χ1v) is 7.09. The molecule has 0 saturated heterocycles. The maximum Gasteiger partial charge on any atom is 0.141 e. The van der Waals surface area contributed by atoms with Crippen LogP contribution < -0.4 is 5.73 Å². The molecule has 5 heteroatoms. The molecule has 1 unspecified atom stereocenters. The van der Waals surface area contributed by atoms with Gasteiger partial charge in [0.25, 0.3) is 0 Å². The molecule has 0 saturated carbocycles. The Balaban J connectivity index is 2.33. The Labute approximate surface area is 125 Å². The summed E-state index contributed by atoms with van der Waals surface area (Å²) in [5.74, 6) is -0.730. The molecular formula is C15H15BrF2N2. The van der Waals surface area contributed by atoms with Crippen molar-refractivity contribution >= 4 is 15.9 Å². The molecule has 0 amide bonds. The number of pyridine rings is 1. The van der Waals surface area contributed by atoms with Crippen LogP contribution in [-0.2, 0) is 12.0 Å². The van der Waals surface area contributed by atoms with Gasteiger partial charge >= 0.3 is 0 Å². The van der Waals surface area contributed by atoms with Crippen molar-refractivity contribution in [2.45, 2.75) is 25.3 Å². The van der Waals surface area contributed by atoms with E-state index in [1.54, 1.807) is 18.2 Å². The van der Waals surface area contributed by atoms with E-state index in [9.17, 15) is 8.78 Å². The summed E-state index contributed by atoms with van der Waals surface area (Å²) in [6, 6.07) is 7.74. The first-order chi connectivity index (χ1) is 9.44. The van der Waals surface area contributed by atoms with Gasteiger partial charge in [0.05, 0.1) is 17.4 Å². The molecule has 2 aromatic rings. The first-order valence-electron chi connectivity index (χ1n) is 6.29. The van der Waals surface area contributed by atoms with E-state index < -0.39 is 11.4 Å². The normalized spacial score (nSPS) is 14.1. The molecule has 0 aliphatic heterocycles. The van der Waals surface area contributed by atoms with Crippen molar-refractivity contribution in [3.63, 3.8) is 0 Å². The van der Waals surface area contributed by atoms with Crippen LogP contribution in [0.2, 0.25) is 0 Å². The summed E-state index contributed by atoms with van der Waals surface area (Å²) in [7, 11) is 0. The lowest BCUT2D eigenvalue weighted by molar-refractivity contribution is 0.403.